The summed E-state index contributed by atoms with van der Waals surface area (Å²) in [5.74, 6) is -0.918. The summed E-state index contributed by atoms with van der Waals surface area (Å²) in [5.41, 5.74) is 1.62. The molecule has 0 saturated heterocycles. The number of rotatable bonds is 4. The van der Waals surface area contributed by atoms with Gasteiger partial charge < -0.3 is 4.90 Å². The number of anilines is 1. The van der Waals surface area contributed by atoms with Crippen LogP contribution in [0.15, 0.2) is 60.0 Å². The van der Waals surface area contributed by atoms with Gasteiger partial charge in [0.2, 0.25) is 0 Å². The average Bonchev–Trinajstić information content (AvgIpc) is 3.08. The number of carbonyl (C=O) groups is 1. The summed E-state index contributed by atoms with van der Waals surface area (Å²) in [5, 5.41) is 2.52. The van der Waals surface area contributed by atoms with Crippen molar-refractivity contribution in [2.45, 2.75) is 13.5 Å². The zero-order chi connectivity index (χ0) is 17.1. The van der Waals surface area contributed by atoms with Crippen LogP contribution in [0.1, 0.15) is 20.8 Å². The standard InChI is InChI=1S/C19H15ClFNOS/c1-13-8-9-14(11-17(13)20)22(12-15-5-4-10-24-15)19(23)16-6-2-3-7-18(16)21/h2-11H,12H2,1H3. The molecule has 122 valence electrons. The number of nitrogens with zero attached hydrogens (tertiary/aromatic N) is 1. The molecule has 3 aromatic rings. The highest BCUT2D eigenvalue weighted by molar-refractivity contribution is 7.09. The van der Waals surface area contributed by atoms with Crippen molar-refractivity contribution in [1.82, 2.24) is 0 Å². The molecule has 1 aromatic heterocycles. The third kappa shape index (κ3) is 3.50. The highest BCUT2D eigenvalue weighted by Crippen LogP contribution is 2.27. The zero-order valence-corrected chi connectivity index (χ0v) is 14.6. The third-order valence-electron chi connectivity index (χ3n) is 3.71. The quantitative estimate of drug-likeness (QED) is 0.585. The van der Waals surface area contributed by atoms with E-state index in [0.29, 0.717) is 17.3 Å². The number of benzene rings is 2. The predicted molar refractivity (Wildman–Crippen MR) is 97.4 cm³/mol. The SMILES string of the molecule is Cc1ccc(N(Cc2cccs2)C(=O)c2ccccc2F)cc1Cl. The molecular weight excluding hydrogens is 345 g/mol. The highest BCUT2D eigenvalue weighted by Gasteiger charge is 2.21. The minimum Gasteiger partial charge on any atom is -0.303 e. The van der Waals surface area contributed by atoms with E-state index in [1.807, 2.05) is 36.6 Å². The lowest BCUT2D eigenvalue weighted by molar-refractivity contribution is 0.0981. The number of amides is 1. The summed E-state index contributed by atoms with van der Waals surface area (Å²) >= 11 is 7.76. The summed E-state index contributed by atoms with van der Waals surface area (Å²) < 4.78 is 14.1. The normalized spacial score (nSPS) is 10.6. The van der Waals surface area contributed by atoms with Gasteiger partial charge in [0.05, 0.1) is 12.1 Å². The van der Waals surface area contributed by atoms with Crippen molar-refractivity contribution >= 4 is 34.5 Å². The Morgan fingerprint density at radius 1 is 1.17 bits per heavy atom. The van der Waals surface area contributed by atoms with E-state index in [9.17, 15) is 9.18 Å². The molecule has 2 aromatic carbocycles. The molecule has 0 aliphatic carbocycles. The maximum atomic E-state index is 14.1. The number of thiophene rings is 1. The fraction of sp³-hybridized carbons (Fsp3) is 0.105. The molecule has 0 N–H and O–H groups in total. The summed E-state index contributed by atoms with van der Waals surface area (Å²) in [4.78, 5) is 15.5. The monoisotopic (exact) mass is 359 g/mol. The lowest BCUT2D eigenvalue weighted by atomic mass is 10.1. The number of hydrogen-bond donors (Lipinski definition) is 0. The minimum atomic E-state index is -0.531. The Morgan fingerprint density at radius 3 is 2.62 bits per heavy atom. The second-order valence-corrected chi connectivity index (χ2v) is 6.82. The van der Waals surface area contributed by atoms with E-state index in [-0.39, 0.29) is 11.5 Å². The van der Waals surface area contributed by atoms with Crippen molar-refractivity contribution in [1.29, 1.82) is 0 Å². The predicted octanol–water partition coefficient (Wildman–Crippen LogP) is 5.70. The smallest absolute Gasteiger partial charge is 0.261 e. The van der Waals surface area contributed by atoms with Gasteiger partial charge in [0, 0.05) is 15.6 Å². The molecule has 0 unspecified atom stereocenters. The van der Waals surface area contributed by atoms with Gasteiger partial charge in [0.1, 0.15) is 5.82 Å². The maximum Gasteiger partial charge on any atom is 0.261 e. The van der Waals surface area contributed by atoms with Crippen LogP contribution >= 0.6 is 22.9 Å². The Balaban J connectivity index is 2.02. The highest BCUT2D eigenvalue weighted by atomic mass is 35.5. The summed E-state index contributed by atoms with van der Waals surface area (Å²) in [6.07, 6.45) is 0. The van der Waals surface area contributed by atoms with E-state index >= 15 is 0 Å². The van der Waals surface area contributed by atoms with Crippen LogP contribution in [0.25, 0.3) is 0 Å². The van der Waals surface area contributed by atoms with Crippen LogP contribution in [-0.2, 0) is 6.54 Å². The molecule has 0 spiro atoms. The van der Waals surface area contributed by atoms with E-state index < -0.39 is 5.82 Å². The molecule has 24 heavy (non-hydrogen) atoms. The molecule has 0 saturated carbocycles. The number of hydrogen-bond acceptors (Lipinski definition) is 2. The van der Waals surface area contributed by atoms with Gasteiger partial charge in [-0.25, -0.2) is 4.39 Å². The number of aryl methyl sites for hydroxylation is 1. The van der Waals surface area contributed by atoms with Crippen LogP contribution < -0.4 is 4.90 Å². The number of carbonyl (C=O) groups excluding carboxylic acids is 1. The maximum absolute atomic E-state index is 14.1. The Morgan fingerprint density at radius 2 is 1.96 bits per heavy atom. The van der Waals surface area contributed by atoms with Gasteiger partial charge in [-0.15, -0.1) is 11.3 Å². The van der Waals surface area contributed by atoms with Crippen molar-refractivity contribution in [2.24, 2.45) is 0 Å². The first-order valence-electron chi connectivity index (χ1n) is 7.41. The van der Waals surface area contributed by atoms with Gasteiger partial charge in [0.25, 0.3) is 5.91 Å². The Hall–Kier alpha value is -2.17. The zero-order valence-electron chi connectivity index (χ0n) is 13.0. The van der Waals surface area contributed by atoms with Crippen LogP contribution in [0, 0.1) is 12.7 Å². The van der Waals surface area contributed by atoms with Crippen molar-refractivity contribution in [3.05, 3.63) is 86.8 Å². The van der Waals surface area contributed by atoms with Crippen molar-refractivity contribution < 1.29 is 9.18 Å². The molecular formula is C19H15ClFNOS. The fourth-order valence-corrected chi connectivity index (χ4v) is 3.24. The Kier molecular flexibility index (Phi) is 4.97. The molecule has 0 radical (unpaired) electrons. The molecule has 0 aliphatic rings. The van der Waals surface area contributed by atoms with Gasteiger partial charge in [-0.05, 0) is 48.2 Å². The minimum absolute atomic E-state index is 0.0470. The van der Waals surface area contributed by atoms with Gasteiger partial charge in [0.15, 0.2) is 0 Å². The summed E-state index contributed by atoms with van der Waals surface area (Å²) in [6.45, 7) is 2.26. The van der Waals surface area contributed by atoms with Crippen LogP contribution in [0.3, 0.4) is 0 Å². The van der Waals surface area contributed by atoms with Crippen molar-refractivity contribution in [2.75, 3.05) is 4.90 Å². The largest absolute Gasteiger partial charge is 0.303 e. The molecule has 3 rings (SSSR count). The second-order valence-electron chi connectivity index (χ2n) is 5.38. The van der Waals surface area contributed by atoms with E-state index in [1.54, 1.807) is 34.4 Å². The van der Waals surface area contributed by atoms with Gasteiger partial charge in [-0.1, -0.05) is 35.9 Å². The first-order chi connectivity index (χ1) is 11.6. The second kappa shape index (κ2) is 7.16. The van der Waals surface area contributed by atoms with Crippen molar-refractivity contribution in [3.63, 3.8) is 0 Å². The molecule has 0 bridgehead atoms. The van der Waals surface area contributed by atoms with Crippen molar-refractivity contribution in [3.8, 4) is 0 Å². The summed E-state index contributed by atoms with van der Waals surface area (Å²) in [7, 11) is 0. The van der Waals surface area contributed by atoms with E-state index in [2.05, 4.69) is 0 Å². The van der Waals surface area contributed by atoms with Crippen LogP contribution in [0.4, 0.5) is 10.1 Å². The third-order valence-corrected chi connectivity index (χ3v) is 4.98. The van der Waals surface area contributed by atoms with Gasteiger partial charge in [-0.2, -0.15) is 0 Å². The van der Waals surface area contributed by atoms with Crippen LogP contribution in [-0.4, -0.2) is 5.91 Å². The van der Waals surface area contributed by atoms with Crippen LogP contribution in [0.2, 0.25) is 5.02 Å². The van der Waals surface area contributed by atoms with Gasteiger partial charge >= 0.3 is 0 Å². The van der Waals surface area contributed by atoms with E-state index in [4.69, 9.17) is 11.6 Å². The molecule has 2 nitrogen and oxygen atoms in total. The Labute approximate surface area is 149 Å². The first-order valence-corrected chi connectivity index (χ1v) is 8.67. The summed E-state index contributed by atoms with van der Waals surface area (Å²) in [6, 6.07) is 15.3. The first kappa shape index (κ1) is 16.7. The molecule has 0 fully saturated rings. The van der Waals surface area contributed by atoms with Gasteiger partial charge in [-0.3, -0.25) is 4.79 Å². The topological polar surface area (TPSA) is 20.3 Å². The fourth-order valence-electron chi connectivity index (χ4n) is 2.37. The molecule has 0 aliphatic heterocycles. The molecule has 1 heterocycles. The Bertz CT molecular complexity index is 864. The van der Waals surface area contributed by atoms with E-state index in [1.165, 1.54) is 12.1 Å². The lowest BCUT2D eigenvalue weighted by Crippen LogP contribution is -2.30. The number of halogens is 2. The lowest BCUT2D eigenvalue weighted by Gasteiger charge is -2.23. The van der Waals surface area contributed by atoms with Crippen LogP contribution in [0.5, 0.6) is 0 Å². The molecule has 5 heteroatoms. The average molecular weight is 360 g/mol. The van der Waals surface area contributed by atoms with E-state index in [0.717, 1.165) is 10.4 Å². The molecule has 0 atom stereocenters. The molecule has 1 amide bonds.